The Morgan fingerprint density at radius 1 is 1.27 bits per heavy atom. The van der Waals surface area contributed by atoms with Crippen molar-refractivity contribution >= 4 is 11.6 Å². The molecule has 8 heteroatoms. The Balaban J connectivity index is 1.61. The van der Waals surface area contributed by atoms with Gasteiger partial charge in [-0.25, -0.2) is 0 Å². The minimum absolute atomic E-state index is 0.158. The number of nitrogens with one attached hydrogen (secondary N) is 1. The number of aromatic nitrogens is 2. The molecule has 0 saturated carbocycles. The molecular formula is C18H15N3O5. The summed E-state index contributed by atoms with van der Waals surface area (Å²) in [6, 6.07) is 8.64. The number of amides is 1. The molecule has 1 aliphatic heterocycles. The fraction of sp³-hybridized carbons (Fsp3) is 0.167. The maximum Gasteiger partial charge on any atom is 0.274 e. The number of carbonyl (C=O) groups is 1. The van der Waals surface area contributed by atoms with Gasteiger partial charge in [0.25, 0.3) is 11.5 Å². The number of nitrogens with zero attached hydrogens (tertiary/aromatic N) is 2. The molecule has 1 aromatic carbocycles. The zero-order valence-electron chi connectivity index (χ0n) is 13.9. The lowest BCUT2D eigenvalue weighted by Crippen LogP contribution is -2.31. The van der Waals surface area contributed by atoms with Gasteiger partial charge < -0.3 is 19.9 Å². The average Bonchev–Trinajstić information content (AvgIpc) is 3.08. The molecule has 132 valence electrons. The molecule has 26 heavy (non-hydrogen) atoms. The summed E-state index contributed by atoms with van der Waals surface area (Å²) in [6.07, 6.45) is 1.57. The van der Waals surface area contributed by atoms with Gasteiger partial charge in [0, 0.05) is 12.7 Å². The van der Waals surface area contributed by atoms with E-state index in [-0.39, 0.29) is 19.0 Å². The maximum absolute atomic E-state index is 12.6. The molecule has 2 aromatic heterocycles. The van der Waals surface area contributed by atoms with E-state index in [2.05, 4.69) is 10.3 Å². The van der Waals surface area contributed by atoms with Crippen molar-refractivity contribution in [1.82, 2.24) is 14.7 Å². The third-order valence-electron chi connectivity index (χ3n) is 4.07. The van der Waals surface area contributed by atoms with Crippen LogP contribution in [-0.4, -0.2) is 27.2 Å². The van der Waals surface area contributed by atoms with Crippen molar-refractivity contribution in [3.05, 3.63) is 63.6 Å². The van der Waals surface area contributed by atoms with Crippen LogP contribution in [0, 0.1) is 6.92 Å². The number of hydrogen-bond acceptors (Lipinski definition) is 6. The molecule has 8 nitrogen and oxygen atoms in total. The summed E-state index contributed by atoms with van der Waals surface area (Å²) in [5, 5.41) is 12.7. The standard InChI is InChI=1S/C18H15N3O5/c1-10-2-5-14-20-17(23)15(18(24)21(14)8-10)16(22)19-7-11-3-4-12-13(6-11)26-9-25-12/h2-6,8,23H,7,9H2,1H3,(H,19,22). The first kappa shape index (κ1) is 15.9. The van der Waals surface area contributed by atoms with Gasteiger partial charge in [-0.2, -0.15) is 4.98 Å². The number of aryl methyl sites for hydroxylation is 1. The van der Waals surface area contributed by atoms with Crippen LogP contribution in [0.4, 0.5) is 0 Å². The third-order valence-corrected chi connectivity index (χ3v) is 4.07. The van der Waals surface area contributed by atoms with Crippen molar-refractivity contribution in [3.63, 3.8) is 0 Å². The highest BCUT2D eigenvalue weighted by Gasteiger charge is 2.20. The van der Waals surface area contributed by atoms with Crippen LogP contribution < -0.4 is 20.3 Å². The monoisotopic (exact) mass is 353 g/mol. The molecule has 0 bridgehead atoms. The molecule has 0 aliphatic carbocycles. The van der Waals surface area contributed by atoms with Gasteiger partial charge in [0.05, 0.1) is 0 Å². The highest BCUT2D eigenvalue weighted by molar-refractivity contribution is 5.96. The van der Waals surface area contributed by atoms with Crippen LogP contribution in [0.15, 0.2) is 41.3 Å². The van der Waals surface area contributed by atoms with Crippen LogP contribution in [0.5, 0.6) is 17.4 Å². The molecule has 0 spiro atoms. The lowest BCUT2D eigenvalue weighted by atomic mass is 10.2. The van der Waals surface area contributed by atoms with E-state index < -0.39 is 22.9 Å². The van der Waals surface area contributed by atoms with Crippen molar-refractivity contribution < 1.29 is 19.4 Å². The Bertz CT molecular complexity index is 1090. The van der Waals surface area contributed by atoms with Gasteiger partial charge in [0.1, 0.15) is 5.65 Å². The van der Waals surface area contributed by atoms with Crippen molar-refractivity contribution in [2.45, 2.75) is 13.5 Å². The Kier molecular flexibility index (Phi) is 3.72. The van der Waals surface area contributed by atoms with Gasteiger partial charge in [-0.3, -0.25) is 14.0 Å². The average molecular weight is 353 g/mol. The van der Waals surface area contributed by atoms with E-state index in [1.54, 1.807) is 36.5 Å². The maximum atomic E-state index is 12.6. The lowest BCUT2D eigenvalue weighted by molar-refractivity contribution is 0.0945. The summed E-state index contributed by atoms with van der Waals surface area (Å²) in [5.41, 5.74) is 0.851. The van der Waals surface area contributed by atoms with E-state index in [0.29, 0.717) is 11.5 Å². The Hall–Kier alpha value is -3.55. The quantitative estimate of drug-likeness (QED) is 0.737. The minimum atomic E-state index is -0.700. The lowest BCUT2D eigenvalue weighted by Gasteiger charge is -2.09. The van der Waals surface area contributed by atoms with Crippen LogP contribution in [0.2, 0.25) is 0 Å². The SMILES string of the molecule is Cc1ccc2nc(O)c(C(=O)NCc3ccc4c(c3)OCO4)c(=O)n2c1. The highest BCUT2D eigenvalue weighted by atomic mass is 16.7. The van der Waals surface area contributed by atoms with E-state index in [9.17, 15) is 14.7 Å². The number of fused-ring (bicyclic) bond motifs is 2. The highest BCUT2D eigenvalue weighted by Crippen LogP contribution is 2.32. The zero-order chi connectivity index (χ0) is 18.3. The van der Waals surface area contributed by atoms with Crippen LogP contribution in [0.3, 0.4) is 0 Å². The normalized spacial score (nSPS) is 12.3. The molecule has 1 aliphatic rings. The number of carbonyl (C=O) groups excluding carboxylic acids is 1. The van der Waals surface area contributed by atoms with Gasteiger partial charge in [-0.15, -0.1) is 0 Å². The van der Waals surface area contributed by atoms with Gasteiger partial charge >= 0.3 is 0 Å². The molecule has 1 amide bonds. The van der Waals surface area contributed by atoms with Crippen molar-refractivity contribution in [2.24, 2.45) is 0 Å². The van der Waals surface area contributed by atoms with Crippen LogP contribution in [0.1, 0.15) is 21.5 Å². The largest absolute Gasteiger partial charge is 0.493 e. The molecule has 2 N–H and O–H groups in total. The summed E-state index contributed by atoms with van der Waals surface area (Å²) in [7, 11) is 0. The fourth-order valence-electron chi connectivity index (χ4n) is 2.75. The molecule has 0 atom stereocenters. The van der Waals surface area contributed by atoms with E-state index in [1.807, 2.05) is 6.92 Å². The second-order valence-corrected chi connectivity index (χ2v) is 5.92. The Morgan fingerprint density at radius 2 is 2.08 bits per heavy atom. The van der Waals surface area contributed by atoms with Crippen molar-refractivity contribution in [1.29, 1.82) is 0 Å². The smallest absolute Gasteiger partial charge is 0.274 e. The minimum Gasteiger partial charge on any atom is -0.493 e. The van der Waals surface area contributed by atoms with Crippen LogP contribution in [0.25, 0.3) is 5.65 Å². The first-order chi connectivity index (χ1) is 12.5. The molecule has 0 fully saturated rings. The molecule has 4 rings (SSSR count). The van der Waals surface area contributed by atoms with Crippen molar-refractivity contribution in [2.75, 3.05) is 6.79 Å². The number of aromatic hydroxyl groups is 1. The summed E-state index contributed by atoms with van der Waals surface area (Å²) >= 11 is 0. The molecule has 0 unspecified atom stereocenters. The van der Waals surface area contributed by atoms with E-state index in [0.717, 1.165) is 11.1 Å². The molecule has 3 aromatic rings. The number of ether oxygens (including phenoxy) is 2. The van der Waals surface area contributed by atoms with Gasteiger partial charge in [0.2, 0.25) is 12.7 Å². The Morgan fingerprint density at radius 3 is 2.92 bits per heavy atom. The Labute approximate surface area is 147 Å². The molecule has 3 heterocycles. The summed E-state index contributed by atoms with van der Waals surface area (Å²) in [4.78, 5) is 28.9. The molecular weight excluding hydrogens is 338 g/mol. The molecule has 0 radical (unpaired) electrons. The summed E-state index contributed by atoms with van der Waals surface area (Å²) < 4.78 is 11.8. The van der Waals surface area contributed by atoms with Gasteiger partial charge in [0.15, 0.2) is 17.1 Å². The predicted octanol–water partition coefficient (Wildman–Crippen LogP) is 1.37. The number of benzene rings is 1. The van der Waals surface area contributed by atoms with Gasteiger partial charge in [-0.05, 0) is 36.2 Å². The van der Waals surface area contributed by atoms with Crippen LogP contribution in [-0.2, 0) is 6.54 Å². The number of rotatable bonds is 3. The second kappa shape index (κ2) is 6.07. The number of hydrogen-bond donors (Lipinski definition) is 2. The predicted molar refractivity (Wildman–Crippen MR) is 91.6 cm³/mol. The van der Waals surface area contributed by atoms with Gasteiger partial charge in [-0.1, -0.05) is 12.1 Å². The number of pyridine rings is 1. The summed E-state index contributed by atoms with van der Waals surface area (Å²) in [5.74, 6) is -0.0526. The first-order valence-corrected chi connectivity index (χ1v) is 7.91. The van der Waals surface area contributed by atoms with E-state index >= 15 is 0 Å². The van der Waals surface area contributed by atoms with E-state index in [1.165, 1.54) is 4.40 Å². The summed E-state index contributed by atoms with van der Waals surface area (Å²) in [6.45, 7) is 2.14. The third kappa shape index (κ3) is 2.71. The van der Waals surface area contributed by atoms with Crippen LogP contribution >= 0.6 is 0 Å². The zero-order valence-corrected chi connectivity index (χ0v) is 13.9. The molecule has 0 saturated heterocycles. The van der Waals surface area contributed by atoms with Crippen molar-refractivity contribution in [3.8, 4) is 17.4 Å². The topological polar surface area (TPSA) is 102 Å². The van der Waals surface area contributed by atoms with E-state index in [4.69, 9.17) is 9.47 Å². The first-order valence-electron chi connectivity index (χ1n) is 7.91. The second-order valence-electron chi connectivity index (χ2n) is 5.92. The fourth-order valence-corrected chi connectivity index (χ4v) is 2.75.